The summed E-state index contributed by atoms with van der Waals surface area (Å²) in [5.41, 5.74) is 0. The first-order valence-corrected chi connectivity index (χ1v) is 6.54. The highest BCUT2D eigenvalue weighted by molar-refractivity contribution is 5.42. The molecule has 3 heterocycles. The molecule has 0 aliphatic carbocycles. The summed E-state index contributed by atoms with van der Waals surface area (Å²) in [6.07, 6.45) is 5.42. The van der Waals surface area contributed by atoms with Gasteiger partial charge in [0, 0.05) is 44.3 Å². The van der Waals surface area contributed by atoms with Gasteiger partial charge in [0.1, 0.15) is 5.82 Å². The van der Waals surface area contributed by atoms with Gasteiger partial charge in [0.2, 0.25) is 5.95 Å². The van der Waals surface area contributed by atoms with Crippen molar-refractivity contribution < 1.29 is 0 Å². The van der Waals surface area contributed by atoms with Gasteiger partial charge in [0.05, 0.1) is 0 Å². The minimum absolute atomic E-state index is 0.373. The summed E-state index contributed by atoms with van der Waals surface area (Å²) in [6, 6.07) is 8.25. The van der Waals surface area contributed by atoms with Crippen LogP contribution in [0.15, 0.2) is 42.9 Å². The van der Waals surface area contributed by atoms with Gasteiger partial charge in [-0.3, -0.25) is 0 Å². The average molecular weight is 255 g/mol. The number of pyridine rings is 1. The van der Waals surface area contributed by atoms with E-state index in [1.807, 2.05) is 24.4 Å². The number of nitrogens with zero attached hydrogens (tertiary/aromatic N) is 5. The molecule has 0 radical (unpaired) electrons. The molecule has 0 N–H and O–H groups in total. The Morgan fingerprint density at radius 1 is 1.00 bits per heavy atom. The predicted octanol–water partition coefficient (Wildman–Crippen LogP) is 1.59. The van der Waals surface area contributed by atoms with E-state index >= 15 is 0 Å². The Kier molecular flexibility index (Phi) is 3.27. The van der Waals surface area contributed by atoms with E-state index in [0.717, 1.165) is 31.4 Å². The van der Waals surface area contributed by atoms with Crippen molar-refractivity contribution in [1.82, 2.24) is 15.0 Å². The average Bonchev–Trinajstić information content (AvgIpc) is 2.49. The fourth-order valence-electron chi connectivity index (χ4n) is 2.44. The minimum atomic E-state index is 0.373. The van der Waals surface area contributed by atoms with Gasteiger partial charge < -0.3 is 9.80 Å². The molecule has 2 aromatic heterocycles. The Labute approximate surface area is 112 Å². The molecule has 1 aliphatic heterocycles. The normalized spacial score (nSPS) is 19.5. The monoisotopic (exact) mass is 255 g/mol. The number of hydrogen-bond acceptors (Lipinski definition) is 5. The van der Waals surface area contributed by atoms with E-state index in [-0.39, 0.29) is 0 Å². The molecule has 0 amide bonds. The summed E-state index contributed by atoms with van der Waals surface area (Å²) in [5.74, 6) is 1.86. The molecule has 1 aliphatic rings. The van der Waals surface area contributed by atoms with E-state index in [2.05, 4.69) is 37.7 Å². The number of piperazine rings is 1. The van der Waals surface area contributed by atoms with Crippen molar-refractivity contribution in [3.63, 3.8) is 0 Å². The Bertz CT molecular complexity index is 516. The lowest BCUT2D eigenvalue weighted by Crippen LogP contribution is -2.52. The van der Waals surface area contributed by atoms with Gasteiger partial charge in [-0.2, -0.15) is 0 Å². The first-order chi connectivity index (χ1) is 9.34. The molecule has 0 spiro atoms. The lowest BCUT2D eigenvalue weighted by Gasteiger charge is -2.40. The third kappa shape index (κ3) is 2.50. The highest BCUT2D eigenvalue weighted by atomic mass is 15.3. The SMILES string of the molecule is C[C@H]1CN(c2ccccn2)CCN1c1ncccn1. The lowest BCUT2D eigenvalue weighted by molar-refractivity contribution is 0.537. The minimum Gasteiger partial charge on any atom is -0.353 e. The van der Waals surface area contributed by atoms with Crippen LogP contribution in [0.4, 0.5) is 11.8 Å². The molecular formula is C14H17N5. The Balaban J connectivity index is 1.73. The summed E-state index contributed by atoms with van der Waals surface area (Å²) >= 11 is 0. The van der Waals surface area contributed by atoms with Gasteiger partial charge in [-0.15, -0.1) is 0 Å². The second kappa shape index (κ2) is 5.22. The molecule has 0 saturated carbocycles. The standard InChI is InChI=1S/C14H17N5/c1-12-11-18(13-5-2-3-6-15-13)9-10-19(12)14-16-7-4-8-17-14/h2-8,12H,9-11H2,1H3/t12-/m0/s1. The third-order valence-corrected chi connectivity index (χ3v) is 3.41. The number of rotatable bonds is 2. The molecule has 0 aromatic carbocycles. The van der Waals surface area contributed by atoms with Crippen molar-refractivity contribution >= 4 is 11.8 Å². The maximum Gasteiger partial charge on any atom is 0.225 e. The maximum absolute atomic E-state index is 4.41. The van der Waals surface area contributed by atoms with Gasteiger partial charge in [-0.05, 0) is 25.1 Å². The van der Waals surface area contributed by atoms with Crippen molar-refractivity contribution in [3.05, 3.63) is 42.9 Å². The van der Waals surface area contributed by atoms with Crippen LogP contribution in [0.3, 0.4) is 0 Å². The molecule has 1 atom stereocenters. The maximum atomic E-state index is 4.41. The zero-order valence-electron chi connectivity index (χ0n) is 11.0. The highest BCUT2D eigenvalue weighted by Crippen LogP contribution is 2.19. The summed E-state index contributed by atoms with van der Waals surface area (Å²) in [6.45, 7) is 5.00. The largest absolute Gasteiger partial charge is 0.353 e. The van der Waals surface area contributed by atoms with Gasteiger partial charge in [0.15, 0.2) is 0 Å². The Morgan fingerprint density at radius 3 is 2.47 bits per heavy atom. The van der Waals surface area contributed by atoms with E-state index in [9.17, 15) is 0 Å². The molecular weight excluding hydrogens is 238 g/mol. The van der Waals surface area contributed by atoms with Gasteiger partial charge in [0.25, 0.3) is 0 Å². The zero-order valence-corrected chi connectivity index (χ0v) is 11.0. The van der Waals surface area contributed by atoms with Crippen LogP contribution >= 0.6 is 0 Å². The van der Waals surface area contributed by atoms with Crippen LogP contribution in [0, 0.1) is 0 Å². The molecule has 5 heteroatoms. The molecule has 19 heavy (non-hydrogen) atoms. The van der Waals surface area contributed by atoms with Crippen LogP contribution in [0.2, 0.25) is 0 Å². The lowest BCUT2D eigenvalue weighted by atomic mass is 10.2. The summed E-state index contributed by atoms with van der Waals surface area (Å²) in [4.78, 5) is 17.6. The number of anilines is 2. The third-order valence-electron chi connectivity index (χ3n) is 3.41. The molecule has 1 saturated heterocycles. The molecule has 0 bridgehead atoms. The van der Waals surface area contributed by atoms with Crippen LogP contribution < -0.4 is 9.80 Å². The molecule has 0 unspecified atom stereocenters. The Hall–Kier alpha value is -2.17. The fourth-order valence-corrected chi connectivity index (χ4v) is 2.44. The molecule has 1 fully saturated rings. The van der Waals surface area contributed by atoms with Crippen molar-refractivity contribution in [2.45, 2.75) is 13.0 Å². The van der Waals surface area contributed by atoms with Gasteiger partial charge >= 0.3 is 0 Å². The van der Waals surface area contributed by atoms with E-state index in [1.165, 1.54) is 0 Å². The van der Waals surface area contributed by atoms with Crippen LogP contribution in [-0.2, 0) is 0 Å². The van der Waals surface area contributed by atoms with Crippen molar-refractivity contribution in [3.8, 4) is 0 Å². The van der Waals surface area contributed by atoms with E-state index in [4.69, 9.17) is 0 Å². The molecule has 98 valence electrons. The summed E-state index contributed by atoms with van der Waals surface area (Å²) in [7, 11) is 0. The fraction of sp³-hybridized carbons (Fsp3) is 0.357. The van der Waals surface area contributed by atoms with E-state index in [0.29, 0.717) is 6.04 Å². The summed E-state index contributed by atoms with van der Waals surface area (Å²) < 4.78 is 0. The van der Waals surface area contributed by atoms with Crippen molar-refractivity contribution in [2.75, 3.05) is 29.4 Å². The van der Waals surface area contributed by atoms with Crippen LogP contribution in [-0.4, -0.2) is 40.6 Å². The number of hydrogen-bond donors (Lipinski definition) is 0. The smallest absolute Gasteiger partial charge is 0.225 e. The van der Waals surface area contributed by atoms with Gasteiger partial charge in [-0.1, -0.05) is 6.07 Å². The molecule has 5 nitrogen and oxygen atoms in total. The molecule has 2 aromatic rings. The van der Waals surface area contributed by atoms with Crippen molar-refractivity contribution in [1.29, 1.82) is 0 Å². The zero-order chi connectivity index (χ0) is 13.1. The van der Waals surface area contributed by atoms with E-state index < -0.39 is 0 Å². The number of aromatic nitrogens is 3. The second-order valence-corrected chi connectivity index (χ2v) is 4.73. The van der Waals surface area contributed by atoms with E-state index in [1.54, 1.807) is 12.4 Å². The van der Waals surface area contributed by atoms with Crippen LogP contribution in [0.1, 0.15) is 6.92 Å². The quantitative estimate of drug-likeness (QED) is 0.815. The van der Waals surface area contributed by atoms with Crippen LogP contribution in [0.5, 0.6) is 0 Å². The predicted molar refractivity (Wildman–Crippen MR) is 75.3 cm³/mol. The first kappa shape index (κ1) is 11.9. The topological polar surface area (TPSA) is 45.2 Å². The van der Waals surface area contributed by atoms with Crippen LogP contribution in [0.25, 0.3) is 0 Å². The highest BCUT2D eigenvalue weighted by Gasteiger charge is 2.25. The van der Waals surface area contributed by atoms with Gasteiger partial charge in [-0.25, -0.2) is 15.0 Å². The molecule has 3 rings (SSSR count). The van der Waals surface area contributed by atoms with Crippen molar-refractivity contribution in [2.24, 2.45) is 0 Å². The first-order valence-electron chi connectivity index (χ1n) is 6.54. The Morgan fingerprint density at radius 2 is 1.79 bits per heavy atom. The summed E-state index contributed by atoms with van der Waals surface area (Å²) in [5, 5.41) is 0. The second-order valence-electron chi connectivity index (χ2n) is 4.73.